The first kappa shape index (κ1) is 15.1. The van der Waals surface area contributed by atoms with Crippen LogP contribution < -0.4 is 5.32 Å². The van der Waals surface area contributed by atoms with Crippen LogP contribution in [0.15, 0.2) is 36.4 Å². The molecule has 0 heterocycles. The quantitative estimate of drug-likeness (QED) is 0.661. The van der Waals surface area contributed by atoms with Crippen LogP contribution in [-0.2, 0) is 0 Å². The monoisotopic (exact) mass is 326 g/mol. The molecule has 2 aromatic carbocycles. The van der Waals surface area contributed by atoms with Crippen molar-refractivity contribution >= 4 is 40.5 Å². The van der Waals surface area contributed by atoms with E-state index in [9.17, 15) is 20.0 Å². The number of anilines is 1. The number of phenols is 1. The number of non-ortho nitro benzene ring substituents is 1. The summed E-state index contributed by atoms with van der Waals surface area (Å²) >= 11 is 11.6. The fourth-order valence-corrected chi connectivity index (χ4v) is 1.95. The molecule has 2 N–H and O–H groups in total. The normalized spacial score (nSPS) is 10.2. The van der Waals surface area contributed by atoms with Gasteiger partial charge in [0, 0.05) is 12.1 Å². The molecule has 0 bridgehead atoms. The van der Waals surface area contributed by atoms with E-state index in [-0.39, 0.29) is 32.7 Å². The number of nitro groups is 1. The molecule has 0 spiro atoms. The van der Waals surface area contributed by atoms with Crippen LogP contribution in [0.3, 0.4) is 0 Å². The zero-order valence-electron chi connectivity index (χ0n) is 10.3. The highest BCUT2D eigenvalue weighted by Gasteiger charge is 2.16. The van der Waals surface area contributed by atoms with Gasteiger partial charge in [-0.1, -0.05) is 29.3 Å². The topological polar surface area (TPSA) is 92.5 Å². The van der Waals surface area contributed by atoms with Crippen LogP contribution in [0, 0.1) is 10.1 Å². The van der Waals surface area contributed by atoms with Gasteiger partial charge in [-0.25, -0.2) is 0 Å². The van der Waals surface area contributed by atoms with E-state index in [2.05, 4.69) is 5.32 Å². The maximum Gasteiger partial charge on any atom is 0.271 e. The van der Waals surface area contributed by atoms with Gasteiger partial charge in [0.1, 0.15) is 5.75 Å². The van der Waals surface area contributed by atoms with Gasteiger partial charge in [-0.3, -0.25) is 14.9 Å². The standard InChI is InChI=1S/C13H8Cl2N2O4/c14-9-5-4-7(17(20)21)6-11(9)16-13(19)8-2-1-3-10(15)12(8)18/h1-6,18H,(H,16,19). The number of para-hydroxylation sites is 1. The molecule has 0 unspecified atom stereocenters. The lowest BCUT2D eigenvalue weighted by Crippen LogP contribution is -2.12. The van der Waals surface area contributed by atoms with Crippen LogP contribution in [0.25, 0.3) is 0 Å². The van der Waals surface area contributed by atoms with Crippen molar-refractivity contribution in [3.8, 4) is 5.75 Å². The predicted octanol–water partition coefficient (Wildman–Crippen LogP) is 3.86. The number of aromatic hydroxyl groups is 1. The van der Waals surface area contributed by atoms with Crippen LogP contribution in [0.2, 0.25) is 10.0 Å². The molecule has 0 saturated carbocycles. The summed E-state index contributed by atoms with van der Waals surface area (Å²) in [5.74, 6) is -1.06. The number of nitrogens with zero attached hydrogens (tertiary/aromatic N) is 1. The number of carbonyl (C=O) groups is 1. The van der Waals surface area contributed by atoms with E-state index in [0.717, 1.165) is 6.07 Å². The van der Waals surface area contributed by atoms with Gasteiger partial charge in [0.05, 0.1) is 26.2 Å². The summed E-state index contributed by atoms with van der Waals surface area (Å²) in [5.41, 5.74) is -0.217. The SMILES string of the molecule is O=C(Nc1cc([N+](=O)[O-])ccc1Cl)c1cccc(Cl)c1O. The molecule has 0 aliphatic heterocycles. The Labute approximate surface area is 129 Å². The van der Waals surface area contributed by atoms with E-state index in [1.165, 1.54) is 30.3 Å². The molecule has 2 rings (SSSR count). The molecule has 0 radical (unpaired) electrons. The first-order valence-corrected chi connectivity index (χ1v) is 6.38. The third kappa shape index (κ3) is 3.24. The van der Waals surface area contributed by atoms with Gasteiger partial charge < -0.3 is 10.4 Å². The largest absolute Gasteiger partial charge is 0.506 e. The fraction of sp³-hybridized carbons (Fsp3) is 0. The second kappa shape index (κ2) is 5.99. The highest BCUT2D eigenvalue weighted by atomic mass is 35.5. The maximum absolute atomic E-state index is 12.1. The van der Waals surface area contributed by atoms with E-state index in [1.54, 1.807) is 0 Å². The Balaban J connectivity index is 2.33. The minimum absolute atomic E-state index is 0.0211. The molecule has 6 nitrogen and oxygen atoms in total. The summed E-state index contributed by atoms with van der Waals surface area (Å²) in [4.78, 5) is 22.2. The molecule has 8 heteroatoms. The molecule has 0 aliphatic carbocycles. The van der Waals surface area contributed by atoms with Gasteiger partial charge in [-0.15, -0.1) is 0 Å². The van der Waals surface area contributed by atoms with Gasteiger partial charge in [0.15, 0.2) is 0 Å². The molecular formula is C13H8Cl2N2O4. The van der Waals surface area contributed by atoms with E-state index in [4.69, 9.17) is 23.2 Å². The number of halogens is 2. The average molecular weight is 327 g/mol. The highest BCUT2D eigenvalue weighted by Crippen LogP contribution is 2.30. The van der Waals surface area contributed by atoms with Crippen molar-refractivity contribution in [2.45, 2.75) is 0 Å². The number of amides is 1. The predicted molar refractivity (Wildman–Crippen MR) is 79.2 cm³/mol. The zero-order valence-corrected chi connectivity index (χ0v) is 11.9. The molecule has 0 atom stereocenters. The molecular weight excluding hydrogens is 319 g/mol. The highest BCUT2D eigenvalue weighted by molar-refractivity contribution is 6.34. The fourth-order valence-electron chi connectivity index (χ4n) is 1.61. The lowest BCUT2D eigenvalue weighted by molar-refractivity contribution is -0.384. The van der Waals surface area contributed by atoms with Crippen molar-refractivity contribution in [2.24, 2.45) is 0 Å². The molecule has 0 aliphatic rings. The smallest absolute Gasteiger partial charge is 0.271 e. The lowest BCUT2D eigenvalue weighted by Gasteiger charge is -2.09. The number of carbonyl (C=O) groups excluding carboxylic acids is 1. The van der Waals surface area contributed by atoms with Crippen molar-refractivity contribution in [3.05, 3.63) is 62.1 Å². The number of hydrogen-bond acceptors (Lipinski definition) is 4. The molecule has 0 saturated heterocycles. The van der Waals surface area contributed by atoms with Crippen LogP contribution in [0.4, 0.5) is 11.4 Å². The van der Waals surface area contributed by atoms with Gasteiger partial charge in [0.25, 0.3) is 11.6 Å². The number of nitro benzene ring substituents is 1. The van der Waals surface area contributed by atoms with Crippen LogP contribution in [0.5, 0.6) is 5.75 Å². The van der Waals surface area contributed by atoms with Crippen molar-refractivity contribution in [1.82, 2.24) is 0 Å². The summed E-state index contributed by atoms with van der Waals surface area (Å²) in [5, 5.41) is 23.0. The summed E-state index contributed by atoms with van der Waals surface area (Å²) in [6.45, 7) is 0. The zero-order chi connectivity index (χ0) is 15.6. The van der Waals surface area contributed by atoms with Gasteiger partial charge in [0.2, 0.25) is 0 Å². The van der Waals surface area contributed by atoms with Gasteiger partial charge in [-0.2, -0.15) is 0 Å². The second-order valence-corrected chi connectivity index (χ2v) is 4.83. The van der Waals surface area contributed by atoms with E-state index in [1.807, 2.05) is 0 Å². The van der Waals surface area contributed by atoms with Gasteiger partial charge >= 0.3 is 0 Å². The molecule has 0 aromatic heterocycles. The van der Waals surface area contributed by atoms with E-state index < -0.39 is 10.8 Å². The van der Waals surface area contributed by atoms with Crippen molar-refractivity contribution in [2.75, 3.05) is 5.32 Å². The molecule has 0 fully saturated rings. The Morgan fingerprint density at radius 3 is 2.57 bits per heavy atom. The first-order chi connectivity index (χ1) is 9.90. The maximum atomic E-state index is 12.1. The third-order valence-electron chi connectivity index (χ3n) is 2.64. The first-order valence-electron chi connectivity index (χ1n) is 5.63. The number of hydrogen-bond donors (Lipinski definition) is 2. The van der Waals surface area contributed by atoms with E-state index >= 15 is 0 Å². The van der Waals surface area contributed by atoms with Gasteiger partial charge in [-0.05, 0) is 18.2 Å². The Morgan fingerprint density at radius 1 is 1.19 bits per heavy atom. The number of nitrogens with one attached hydrogen (secondary N) is 1. The Kier molecular flexibility index (Phi) is 4.30. The Bertz CT molecular complexity index is 734. The van der Waals surface area contributed by atoms with Crippen molar-refractivity contribution in [3.63, 3.8) is 0 Å². The average Bonchev–Trinajstić information content (AvgIpc) is 2.43. The summed E-state index contributed by atoms with van der Waals surface area (Å²) in [6.07, 6.45) is 0. The Morgan fingerprint density at radius 2 is 1.90 bits per heavy atom. The molecule has 21 heavy (non-hydrogen) atoms. The lowest BCUT2D eigenvalue weighted by atomic mass is 10.2. The van der Waals surface area contributed by atoms with Crippen LogP contribution in [0.1, 0.15) is 10.4 Å². The summed E-state index contributed by atoms with van der Waals surface area (Å²) < 4.78 is 0. The van der Waals surface area contributed by atoms with Crippen molar-refractivity contribution in [1.29, 1.82) is 0 Å². The van der Waals surface area contributed by atoms with Crippen LogP contribution in [-0.4, -0.2) is 15.9 Å². The number of phenolic OH excluding ortho intramolecular Hbond substituents is 1. The minimum atomic E-state index is -0.683. The van der Waals surface area contributed by atoms with Crippen LogP contribution >= 0.6 is 23.2 Å². The van der Waals surface area contributed by atoms with E-state index in [0.29, 0.717) is 0 Å². The van der Waals surface area contributed by atoms with Crippen molar-refractivity contribution < 1.29 is 14.8 Å². The molecule has 108 valence electrons. The summed E-state index contributed by atoms with van der Waals surface area (Å²) in [6, 6.07) is 7.92. The molecule has 1 amide bonds. The summed E-state index contributed by atoms with van der Waals surface area (Å²) in [7, 11) is 0. The minimum Gasteiger partial charge on any atom is -0.506 e. The number of benzene rings is 2. The number of rotatable bonds is 3. The Hall–Kier alpha value is -2.31. The second-order valence-electron chi connectivity index (χ2n) is 4.01. The third-order valence-corrected chi connectivity index (χ3v) is 3.27. The molecule has 2 aromatic rings.